The number of rotatable bonds is 8. The van der Waals surface area contributed by atoms with Crippen molar-refractivity contribution in [1.82, 2.24) is 0 Å². The molecule has 1 aromatic carbocycles. The topological polar surface area (TPSA) is 35.5 Å². The maximum Gasteiger partial charge on any atom is 0.336 e. The molecule has 3 nitrogen and oxygen atoms in total. The number of halogens is 1. The first-order chi connectivity index (χ1) is 10.4. The highest BCUT2D eigenvalue weighted by Gasteiger charge is 2.35. The van der Waals surface area contributed by atoms with Crippen molar-refractivity contribution >= 4 is 25.9 Å². The molecule has 5 heteroatoms. The van der Waals surface area contributed by atoms with Gasteiger partial charge >= 0.3 is 5.97 Å². The lowest BCUT2D eigenvalue weighted by atomic mass is 10.0. The van der Waals surface area contributed by atoms with Gasteiger partial charge in [-0.05, 0) is 35.8 Å². The Morgan fingerprint density at radius 1 is 1.18 bits per heavy atom. The van der Waals surface area contributed by atoms with Crippen LogP contribution in [-0.2, 0) is 14.0 Å². The van der Waals surface area contributed by atoms with Gasteiger partial charge in [0.1, 0.15) is 6.10 Å². The molecule has 0 spiro atoms. The van der Waals surface area contributed by atoms with Gasteiger partial charge in [-0.25, -0.2) is 4.79 Å². The van der Waals surface area contributed by atoms with Gasteiger partial charge in [0.2, 0.25) is 0 Å². The van der Waals surface area contributed by atoms with Crippen molar-refractivity contribution in [3.63, 3.8) is 0 Å². The number of ether oxygens (including phenoxy) is 1. The average Bonchev–Trinajstić information content (AvgIpc) is 2.56. The van der Waals surface area contributed by atoms with E-state index in [1.165, 1.54) is 7.11 Å². The van der Waals surface area contributed by atoms with Crippen molar-refractivity contribution in [3.8, 4) is 0 Å². The molecule has 0 radical (unpaired) electrons. The summed E-state index contributed by atoms with van der Waals surface area (Å²) in [5.41, 5.74) is 1.21. The molecule has 0 N–H and O–H groups in total. The minimum atomic E-state index is -1.90. The Bertz CT molecular complexity index is 501. The number of methoxy groups -OCH3 is 1. The number of carbonyl (C=O) groups is 1. The summed E-state index contributed by atoms with van der Waals surface area (Å²) in [7, 11) is -0.542. The number of carbonyl (C=O) groups excluding carboxylic acids is 1. The van der Waals surface area contributed by atoms with Crippen LogP contribution >= 0.6 is 11.6 Å². The van der Waals surface area contributed by atoms with Crippen LogP contribution in [0.5, 0.6) is 0 Å². The fraction of sp³-hybridized carbons (Fsp3) is 0.471. The molecular formula is C17H25ClO3Si. The number of hydrogen-bond acceptors (Lipinski definition) is 3. The first-order valence-electron chi connectivity index (χ1n) is 7.63. The molecule has 0 amide bonds. The van der Waals surface area contributed by atoms with Gasteiger partial charge in [0.25, 0.3) is 0 Å². The predicted octanol–water partition coefficient (Wildman–Crippen LogP) is 5.13. The van der Waals surface area contributed by atoms with Gasteiger partial charge in [0.05, 0.1) is 12.7 Å². The minimum absolute atomic E-state index is 0.331. The monoisotopic (exact) mass is 340 g/mol. The molecule has 1 rings (SSSR count). The Morgan fingerprint density at radius 2 is 1.68 bits per heavy atom. The summed E-state index contributed by atoms with van der Waals surface area (Å²) >= 11 is 5.95. The van der Waals surface area contributed by atoms with Gasteiger partial charge in [-0.2, -0.15) is 0 Å². The van der Waals surface area contributed by atoms with Crippen molar-refractivity contribution in [3.05, 3.63) is 47.0 Å². The van der Waals surface area contributed by atoms with Crippen LogP contribution in [-0.4, -0.2) is 21.4 Å². The van der Waals surface area contributed by atoms with Gasteiger partial charge in [0.15, 0.2) is 8.32 Å². The van der Waals surface area contributed by atoms with Gasteiger partial charge in [-0.1, -0.05) is 51.1 Å². The van der Waals surface area contributed by atoms with Gasteiger partial charge in [-0.15, -0.1) is 0 Å². The van der Waals surface area contributed by atoms with Crippen molar-refractivity contribution in [1.29, 1.82) is 0 Å². The second-order valence-corrected chi connectivity index (χ2v) is 10.5. The van der Waals surface area contributed by atoms with E-state index in [1.54, 1.807) is 12.1 Å². The van der Waals surface area contributed by atoms with Crippen LogP contribution < -0.4 is 0 Å². The highest BCUT2D eigenvalue weighted by atomic mass is 35.5. The molecule has 0 aromatic heterocycles. The van der Waals surface area contributed by atoms with Crippen LogP contribution in [0.15, 0.2) is 36.4 Å². The Morgan fingerprint density at radius 3 is 2.09 bits per heavy atom. The third-order valence-electron chi connectivity index (χ3n) is 4.24. The summed E-state index contributed by atoms with van der Waals surface area (Å²) in [6.45, 7) is 10.4. The van der Waals surface area contributed by atoms with Crippen LogP contribution in [0.2, 0.25) is 23.2 Å². The standard InChI is InChI=1S/C17H25ClO3Si/c1-6-22(7-2,8-3)21-16(13(4)17(19)20-5)14-9-11-15(18)12-10-14/h9-12,16H,4,6-8H2,1-3,5H3. The Hall–Kier alpha value is -1.10. The summed E-state index contributed by atoms with van der Waals surface area (Å²) in [6.07, 6.45) is -0.476. The molecule has 0 heterocycles. The number of esters is 1. The Kier molecular flexibility index (Phi) is 7.33. The zero-order valence-electron chi connectivity index (χ0n) is 13.8. The van der Waals surface area contributed by atoms with E-state index >= 15 is 0 Å². The smallest absolute Gasteiger partial charge is 0.336 e. The fourth-order valence-electron chi connectivity index (χ4n) is 2.47. The molecule has 0 bridgehead atoms. The molecule has 1 aromatic rings. The lowest BCUT2D eigenvalue weighted by molar-refractivity contribution is -0.137. The molecule has 0 saturated heterocycles. The van der Waals surface area contributed by atoms with Crippen molar-refractivity contribution in [2.75, 3.05) is 7.11 Å². The van der Waals surface area contributed by atoms with Crippen molar-refractivity contribution in [2.24, 2.45) is 0 Å². The van der Waals surface area contributed by atoms with Crippen LogP contribution in [0.4, 0.5) is 0 Å². The molecule has 0 aliphatic rings. The normalized spacial score (nSPS) is 12.8. The zero-order chi connectivity index (χ0) is 16.8. The average molecular weight is 341 g/mol. The highest BCUT2D eigenvalue weighted by molar-refractivity contribution is 6.73. The molecule has 122 valence electrons. The first kappa shape index (κ1) is 18.9. The predicted molar refractivity (Wildman–Crippen MR) is 93.6 cm³/mol. The molecule has 0 aliphatic carbocycles. The second-order valence-electron chi connectivity index (χ2n) is 5.31. The SMILES string of the molecule is C=C(C(=O)OC)C(O[Si](CC)(CC)CC)c1ccc(Cl)cc1. The van der Waals surface area contributed by atoms with Crippen molar-refractivity contribution in [2.45, 2.75) is 45.0 Å². The summed E-state index contributed by atoms with van der Waals surface area (Å²) in [5.74, 6) is -0.439. The van der Waals surface area contributed by atoms with Crippen LogP contribution in [0.25, 0.3) is 0 Å². The third kappa shape index (κ3) is 4.45. The van der Waals surface area contributed by atoms with Gasteiger partial charge in [0, 0.05) is 5.02 Å². The van der Waals surface area contributed by atoms with E-state index < -0.39 is 20.4 Å². The van der Waals surface area contributed by atoms with E-state index in [9.17, 15) is 4.79 Å². The molecule has 0 fully saturated rings. The molecular weight excluding hydrogens is 316 g/mol. The van der Waals surface area contributed by atoms with Gasteiger partial charge < -0.3 is 9.16 Å². The van der Waals surface area contributed by atoms with Gasteiger partial charge in [-0.3, -0.25) is 0 Å². The van der Waals surface area contributed by atoms with E-state index in [4.69, 9.17) is 20.8 Å². The lowest BCUT2D eigenvalue weighted by Crippen LogP contribution is -2.38. The number of hydrogen-bond donors (Lipinski definition) is 0. The summed E-state index contributed by atoms with van der Waals surface area (Å²) in [4.78, 5) is 11.9. The maximum atomic E-state index is 11.9. The summed E-state index contributed by atoms with van der Waals surface area (Å²) < 4.78 is 11.3. The van der Waals surface area contributed by atoms with E-state index in [2.05, 4.69) is 27.4 Å². The fourth-order valence-corrected chi connectivity index (χ4v) is 5.37. The molecule has 0 saturated carbocycles. The number of benzene rings is 1. The summed E-state index contributed by atoms with van der Waals surface area (Å²) in [5, 5.41) is 0.649. The maximum absolute atomic E-state index is 11.9. The van der Waals surface area contributed by atoms with Crippen LogP contribution in [0, 0.1) is 0 Å². The Balaban J connectivity index is 3.19. The lowest BCUT2D eigenvalue weighted by Gasteiger charge is -2.33. The van der Waals surface area contributed by atoms with E-state index in [-0.39, 0.29) is 0 Å². The van der Waals surface area contributed by atoms with Crippen LogP contribution in [0.3, 0.4) is 0 Å². The largest absolute Gasteiger partial charge is 0.466 e. The Labute approximate surface area is 139 Å². The van der Waals surface area contributed by atoms with E-state index in [0.717, 1.165) is 23.7 Å². The van der Waals surface area contributed by atoms with E-state index in [0.29, 0.717) is 10.6 Å². The molecule has 0 aliphatic heterocycles. The molecule has 22 heavy (non-hydrogen) atoms. The summed E-state index contributed by atoms with van der Waals surface area (Å²) in [6, 6.07) is 10.3. The highest BCUT2D eigenvalue weighted by Crippen LogP contribution is 2.34. The molecule has 1 unspecified atom stereocenters. The van der Waals surface area contributed by atoms with Crippen LogP contribution in [0.1, 0.15) is 32.4 Å². The molecule has 1 atom stereocenters. The van der Waals surface area contributed by atoms with E-state index in [1.807, 2.05) is 12.1 Å². The zero-order valence-corrected chi connectivity index (χ0v) is 15.6. The first-order valence-corrected chi connectivity index (χ1v) is 10.5. The van der Waals surface area contributed by atoms with Crippen molar-refractivity contribution < 1.29 is 14.0 Å². The quantitative estimate of drug-likeness (QED) is 0.374. The minimum Gasteiger partial charge on any atom is -0.466 e. The second kappa shape index (κ2) is 8.51. The third-order valence-corrected chi connectivity index (χ3v) is 9.09.